The number of aromatic nitrogens is 2. The van der Waals surface area contributed by atoms with Crippen molar-refractivity contribution in [2.24, 2.45) is 12.8 Å². The second-order valence-corrected chi connectivity index (χ2v) is 4.20. The lowest BCUT2D eigenvalue weighted by atomic mass is 10.1. The predicted octanol–water partition coefficient (Wildman–Crippen LogP) is 1.84. The molecule has 4 heteroatoms. The molecule has 2 N–H and O–H groups in total. The molecule has 0 aliphatic rings. The molecule has 2 aromatic rings. The highest BCUT2D eigenvalue weighted by molar-refractivity contribution is 7.08. The van der Waals surface area contributed by atoms with Gasteiger partial charge in [0.15, 0.2) is 0 Å². The summed E-state index contributed by atoms with van der Waals surface area (Å²) in [6.07, 6.45) is 3.73. The van der Waals surface area contributed by atoms with Crippen LogP contribution in [0.4, 0.5) is 0 Å². The number of imidazole rings is 1. The van der Waals surface area contributed by atoms with Crippen LogP contribution in [0.2, 0.25) is 0 Å². The molecular weight excluding hydrogens is 194 g/mol. The van der Waals surface area contributed by atoms with Gasteiger partial charge < -0.3 is 10.3 Å². The summed E-state index contributed by atoms with van der Waals surface area (Å²) in [5.41, 5.74) is 9.45. The molecule has 0 aromatic carbocycles. The molecule has 0 aliphatic carbocycles. The Balaban J connectivity index is 2.33. The first kappa shape index (κ1) is 9.43. The van der Waals surface area contributed by atoms with Gasteiger partial charge in [-0.1, -0.05) is 0 Å². The number of aryl methyl sites for hydroxylation is 2. The van der Waals surface area contributed by atoms with Crippen LogP contribution in [-0.2, 0) is 7.05 Å². The summed E-state index contributed by atoms with van der Waals surface area (Å²) >= 11 is 1.68. The second kappa shape index (κ2) is 3.55. The third-order valence-electron chi connectivity index (χ3n) is 2.27. The van der Waals surface area contributed by atoms with E-state index in [1.54, 1.807) is 17.7 Å². The lowest BCUT2D eigenvalue weighted by Gasteiger charge is -2.07. The van der Waals surface area contributed by atoms with Crippen LogP contribution in [0, 0.1) is 6.92 Å². The van der Waals surface area contributed by atoms with Gasteiger partial charge in [0, 0.05) is 13.2 Å². The van der Waals surface area contributed by atoms with E-state index in [1.165, 1.54) is 11.1 Å². The standard InChI is InChI=1S/C10H13N3S/c1-7-4-14-5-8(7)10(11)9-3-13(2)6-12-9/h3-6,10H,11H2,1-2H3. The minimum atomic E-state index is -0.0950. The van der Waals surface area contributed by atoms with E-state index < -0.39 is 0 Å². The van der Waals surface area contributed by atoms with E-state index in [0.717, 1.165) is 5.69 Å². The number of nitrogens with zero attached hydrogens (tertiary/aromatic N) is 2. The van der Waals surface area contributed by atoms with Crippen LogP contribution in [0.3, 0.4) is 0 Å². The third-order valence-corrected chi connectivity index (χ3v) is 3.15. The molecule has 0 fully saturated rings. The van der Waals surface area contributed by atoms with Gasteiger partial charge in [-0.15, -0.1) is 0 Å². The van der Waals surface area contributed by atoms with Crippen LogP contribution < -0.4 is 5.73 Å². The van der Waals surface area contributed by atoms with Gasteiger partial charge in [-0.05, 0) is 28.8 Å². The van der Waals surface area contributed by atoms with Gasteiger partial charge in [0.2, 0.25) is 0 Å². The first-order chi connectivity index (χ1) is 6.68. The number of hydrogen-bond donors (Lipinski definition) is 1. The summed E-state index contributed by atoms with van der Waals surface area (Å²) < 4.78 is 1.91. The Labute approximate surface area is 87.2 Å². The van der Waals surface area contributed by atoms with E-state index in [-0.39, 0.29) is 6.04 Å². The predicted molar refractivity (Wildman–Crippen MR) is 58.3 cm³/mol. The average Bonchev–Trinajstić information content (AvgIpc) is 2.73. The lowest BCUT2D eigenvalue weighted by molar-refractivity contribution is 0.832. The molecule has 3 nitrogen and oxygen atoms in total. The zero-order chi connectivity index (χ0) is 10.1. The van der Waals surface area contributed by atoms with Gasteiger partial charge >= 0.3 is 0 Å². The van der Waals surface area contributed by atoms with Crippen LogP contribution in [0.15, 0.2) is 23.3 Å². The Morgan fingerprint density at radius 3 is 2.79 bits per heavy atom. The van der Waals surface area contributed by atoms with Crippen molar-refractivity contribution in [3.05, 3.63) is 40.1 Å². The van der Waals surface area contributed by atoms with Crippen molar-refractivity contribution in [1.29, 1.82) is 0 Å². The zero-order valence-corrected chi connectivity index (χ0v) is 9.08. The van der Waals surface area contributed by atoms with E-state index in [2.05, 4.69) is 22.7 Å². The molecule has 2 aromatic heterocycles. The highest BCUT2D eigenvalue weighted by Crippen LogP contribution is 2.24. The molecule has 0 saturated carbocycles. The molecule has 14 heavy (non-hydrogen) atoms. The van der Waals surface area contributed by atoms with Gasteiger partial charge in [-0.3, -0.25) is 0 Å². The van der Waals surface area contributed by atoms with Crippen molar-refractivity contribution in [3.8, 4) is 0 Å². The van der Waals surface area contributed by atoms with Crippen LogP contribution in [-0.4, -0.2) is 9.55 Å². The fraction of sp³-hybridized carbons (Fsp3) is 0.300. The van der Waals surface area contributed by atoms with E-state index in [4.69, 9.17) is 5.73 Å². The molecular formula is C10H13N3S. The quantitative estimate of drug-likeness (QED) is 0.816. The Morgan fingerprint density at radius 2 is 2.29 bits per heavy atom. The zero-order valence-electron chi connectivity index (χ0n) is 8.27. The Morgan fingerprint density at radius 1 is 1.50 bits per heavy atom. The largest absolute Gasteiger partial charge is 0.340 e. The highest BCUT2D eigenvalue weighted by atomic mass is 32.1. The minimum Gasteiger partial charge on any atom is -0.340 e. The van der Waals surface area contributed by atoms with Crippen molar-refractivity contribution in [1.82, 2.24) is 9.55 Å². The van der Waals surface area contributed by atoms with Gasteiger partial charge in [-0.2, -0.15) is 11.3 Å². The summed E-state index contributed by atoms with van der Waals surface area (Å²) in [6, 6.07) is -0.0950. The molecule has 1 unspecified atom stereocenters. The Kier molecular flexibility index (Phi) is 2.39. The van der Waals surface area contributed by atoms with Crippen LogP contribution >= 0.6 is 11.3 Å². The van der Waals surface area contributed by atoms with Crippen molar-refractivity contribution in [2.75, 3.05) is 0 Å². The van der Waals surface area contributed by atoms with Crippen molar-refractivity contribution in [3.63, 3.8) is 0 Å². The number of nitrogens with two attached hydrogens (primary N) is 1. The summed E-state index contributed by atoms with van der Waals surface area (Å²) in [5.74, 6) is 0. The van der Waals surface area contributed by atoms with Crippen molar-refractivity contribution >= 4 is 11.3 Å². The van der Waals surface area contributed by atoms with Gasteiger partial charge in [0.05, 0.1) is 18.1 Å². The molecule has 0 aliphatic heterocycles. The highest BCUT2D eigenvalue weighted by Gasteiger charge is 2.13. The SMILES string of the molecule is Cc1cscc1C(N)c1cn(C)cn1. The number of hydrogen-bond acceptors (Lipinski definition) is 3. The Bertz CT molecular complexity index is 430. The molecule has 0 saturated heterocycles. The average molecular weight is 207 g/mol. The molecule has 0 radical (unpaired) electrons. The van der Waals surface area contributed by atoms with Crippen molar-refractivity contribution < 1.29 is 0 Å². The minimum absolute atomic E-state index is 0.0950. The van der Waals surface area contributed by atoms with Gasteiger partial charge in [0.25, 0.3) is 0 Å². The second-order valence-electron chi connectivity index (χ2n) is 3.45. The maximum Gasteiger partial charge on any atom is 0.0947 e. The summed E-state index contributed by atoms with van der Waals surface area (Å²) in [4.78, 5) is 4.26. The summed E-state index contributed by atoms with van der Waals surface area (Å²) in [5, 5.41) is 4.20. The third kappa shape index (κ3) is 1.58. The number of thiophene rings is 1. The summed E-state index contributed by atoms with van der Waals surface area (Å²) in [7, 11) is 1.95. The number of rotatable bonds is 2. The van der Waals surface area contributed by atoms with Crippen molar-refractivity contribution in [2.45, 2.75) is 13.0 Å². The normalized spacial score (nSPS) is 13.1. The molecule has 0 amide bonds. The molecule has 0 spiro atoms. The first-order valence-electron chi connectivity index (χ1n) is 4.44. The maximum absolute atomic E-state index is 6.11. The van der Waals surface area contributed by atoms with Gasteiger partial charge in [-0.25, -0.2) is 4.98 Å². The van der Waals surface area contributed by atoms with E-state index in [9.17, 15) is 0 Å². The lowest BCUT2D eigenvalue weighted by Crippen LogP contribution is -2.12. The molecule has 2 heterocycles. The fourth-order valence-electron chi connectivity index (χ4n) is 1.44. The van der Waals surface area contributed by atoms with E-state index in [0.29, 0.717) is 0 Å². The molecule has 1 atom stereocenters. The molecule has 74 valence electrons. The molecule has 0 bridgehead atoms. The summed E-state index contributed by atoms with van der Waals surface area (Å²) in [6.45, 7) is 2.08. The smallest absolute Gasteiger partial charge is 0.0947 e. The maximum atomic E-state index is 6.11. The molecule has 2 rings (SSSR count). The topological polar surface area (TPSA) is 43.8 Å². The van der Waals surface area contributed by atoms with E-state index in [1.807, 2.05) is 17.8 Å². The van der Waals surface area contributed by atoms with E-state index >= 15 is 0 Å². The van der Waals surface area contributed by atoms with Crippen LogP contribution in [0.25, 0.3) is 0 Å². The van der Waals surface area contributed by atoms with Crippen LogP contribution in [0.5, 0.6) is 0 Å². The Hall–Kier alpha value is -1.13. The first-order valence-corrected chi connectivity index (χ1v) is 5.39. The van der Waals surface area contributed by atoms with Gasteiger partial charge in [0.1, 0.15) is 0 Å². The fourth-order valence-corrected chi connectivity index (χ4v) is 2.33. The van der Waals surface area contributed by atoms with Crippen LogP contribution in [0.1, 0.15) is 22.9 Å². The monoisotopic (exact) mass is 207 g/mol.